The second-order valence-corrected chi connectivity index (χ2v) is 14.9. The summed E-state index contributed by atoms with van der Waals surface area (Å²) in [7, 11) is 0. The largest absolute Gasteiger partial charge is 0.310 e. The second-order valence-electron chi connectivity index (χ2n) is 14.9. The minimum Gasteiger partial charge on any atom is -0.310 e. The van der Waals surface area contributed by atoms with E-state index in [0.717, 1.165) is 33.9 Å². The average molecular weight is 739 g/mol. The molecule has 0 atom stereocenters. The van der Waals surface area contributed by atoms with Crippen molar-refractivity contribution < 1.29 is 0 Å². The normalized spacial score (nSPS) is 11.4. The topological polar surface area (TPSA) is 8.17 Å². The summed E-state index contributed by atoms with van der Waals surface area (Å²) >= 11 is 0. The van der Waals surface area contributed by atoms with Crippen molar-refractivity contribution in [3.05, 3.63) is 231 Å². The molecule has 0 bridgehead atoms. The summed E-state index contributed by atoms with van der Waals surface area (Å²) in [5, 5.41) is 7.46. The van der Waals surface area contributed by atoms with Crippen LogP contribution in [-0.2, 0) is 0 Å². The van der Waals surface area contributed by atoms with Gasteiger partial charge >= 0.3 is 0 Å². The van der Waals surface area contributed by atoms with Crippen LogP contribution in [-0.4, -0.2) is 4.57 Å². The van der Waals surface area contributed by atoms with Crippen LogP contribution >= 0.6 is 0 Å². The molecule has 0 aliphatic rings. The number of rotatable bonds is 7. The molecule has 2 heteroatoms. The Labute approximate surface area is 338 Å². The van der Waals surface area contributed by atoms with Crippen molar-refractivity contribution in [3.63, 3.8) is 0 Å². The van der Waals surface area contributed by atoms with E-state index >= 15 is 0 Å². The quantitative estimate of drug-likeness (QED) is 0.158. The Hall–Kier alpha value is -7.68. The zero-order valence-corrected chi connectivity index (χ0v) is 31.8. The van der Waals surface area contributed by atoms with Crippen LogP contribution < -0.4 is 4.90 Å². The predicted octanol–water partition coefficient (Wildman–Crippen LogP) is 15.6. The first-order chi connectivity index (χ1) is 28.8. The number of anilines is 3. The monoisotopic (exact) mass is 738 g/mol. The van der Waals surface area contributed by atoms with E-state index in [2.05, 4.69) is 240 Å². The molecule has 58 heavy (non-hydrogen) atoms. The zero-order chi connectivity index (χ0) is 38.4. The Morgan fingerprint density at radius 2 is 0.914 bits per heavy atom. The van der Waals surface area contributed by atoms with E-state index in [4.69, 9.17) is 0 Å². The van der Waals surface area contributed by atoms with Crippen molar-refractivity contribution in [2.45, 2.75) is 0 Å². The SMILES string of the molecule is c1ccc(-c2ccc(N(c3cccc(-c4cccc5ccccc45)c3)c3ccc(-n4c5ccccc5c5ccc6ccccc6c54)cc3-c3ccccc3)cc2)cc1. The molecule has 0 saturated heterocycles. The van der Waals surface area contributed by atoms with Gasteiger partial charge in [-0.05, 0) is 92.5 Å². The third-order valence-electron chi connectivity index (χ3n) is 11.6. The highest BCUT2D eigenvalue weighted by molar-refractivity contribution is 6.18. The molecule has 0 radical (unpaired) electrons. The lowest BCUT2D eigenvalue weighted by Gasteiger charge is -2.29. The standard InChI is InChI=1S/C56H38N2/c1-3-15-39(16-4-1)40-29-32-45(33-30-40)57(46-23-13-22-44(37-46)49-27-14-21-41-19-7-9-24-48(41)49)55-36-34-47(38-53(55)42-17-5-2-6-18-42)58-54-28-12-11-26-51(54)52-35-31-43-20-8-10-25-50(43)56(52)58/h1-38H. The Morgan fingerprint density at radius 1 is 0.310 bits per heavy atom. The number of hydrogen-bond donors (Lipinski definition) is 0. The van der Waals surface area contributed by atoms with Crippen LogP contribution in [0.2, 0.25) is 0 Å². The molecule has 0 aliphatic carbocycles. The molecule has 11 aromatic rings. The van der Waals surface area contributed by atoms with Crippen molar-refractivity contribution in [2.24, 2.45) is 0 Å². The van der Waals surface area contributed by atoms with Crippen molar-refractivity contribution in [1.82, 2.24) is 4.57 Å². The number of benzene rings is 10. The van der Waals surface area contributed by atoms with E-state index in [1.807, 2.05) is 0 Å². The molecular weight excluding hydrogens is 701 g/mol. The molecule has 0 saturated carbocycles. The van der Waals surface area contributed by atoms with Crippen molar-refractivity contribution in [2.75, 3.05) is 4.90 Å². The van der Waals surface area contributed by atoms with Gasteiger partial charge < -0.3 is 9.47 Å². The number of nitrogens with zero attached hydrogens (tertiary/aromatic N) is 2. The van der Waals surface area contributed by atoms with Gasteiger partial charge in [0.25, 0.3) is 0 Å². The highest BCUT2D eigenvalue weighted by Crippen LogP contribution is 2.45. The first kappa shape index (κ1) is 33.6. The van der Waals surface area contributed by atoms with Crippen LogP contribution in [0.25, 0.3) is 82.4 Å². The maximum Gasteiger partial charge on any atom is 0.0619 e. The van der Waals surface area contributed by atoms with Crippen LogP contribution in [0.3, 0.4) is 0 Å². The van der Waals surface area contributed by atoms with Gasteiger partial charge in [-0.15, -0.1) is 0 Å². The number of aromatic nitrogens is 1. The minimum absolute atomic E-state index is 1.09. The van der Waals surface area contributed by atoms with Crippen molar-refractivity contribution in [3.8, 4) is 39.1 Å². The van der Waals surface area contributed by atoms with Gasteiger partial charge in [0.1, 0.15) is 0 Å². The molecule has 0 N–H and O–H groups in total. The lowest BCUT2D eigenvalue weighted by Crippen LogP contribution is -2.12. The fourth-order valence-corrected chi connectivity index (χ4v) is 8.86. The zero-order valence-electron chi connectivity index (χ0n) is 31.8. The summed E-state index contributed by atoms with van der Waals surface area (Å²) < 4.78 is 2.46. The summed E-state index contributed by atoms with van der Waals surface area (Å²) in [5.74, 6) is 0. The van der Waals surface area contributed by atoms with E-state index in [1.54, 1.807) is 0 Å². The summed E-state index contributed by atoms with van der Waals surface area (Å²) in [4.78, 5) is 2.43. The van der Waals surface area contributed by atoms with Crippen LogP contribution in [0.1, 0.15) is 0 Å². The van der Waals surface area contributed by atoms with Gasteiger partial charge in [0, 0.05) is 38.8 Å². The van der Waals surface area contributed by atoms with Gasteiger partial charge in [-0.25, -0.2) is 0 Å². The van der Waals surface area contributed by atoms with Crippen LogP contribution in [0.15, 0.2) is 231 Å². The third kappa shape index (κ3) is 5.74. The molecule has 0 amide bonds. The van der Waals surface area contributed by atoms with Crippen LogP contribution in [0, 0.1) is 0 Å². The van der Waals surface area contributed by atoms with E-state index in [0.29, 0.717) is 0 Å². The lowest BCUT2D eigenvalue weighted by atomic mass is 9.97. The predicted molar refractivity (Wildman–Crippen MR) is 247 cm³/mol. The molecule has 0 fully saturated rings. The maximum absolute atomic E-state index is 2.46. The van der Waals surface area contributed by atoms with Crippen LogP contribution in [0.4, 0.5) is 17.1 Å². The highest BCUT2D eigenvalue weighted by Gasteiger charge is 2.21. The Kier molecular flexibility index (Phi) is 8.19. The maximum atomic E-state index is 2.46. The van der Waals surface area contributed by atoms with Gasteiger partial charge in [-0.1, -0.05) is 182 Å². The molecule has 0 unspecified atom stereocenters. The van der Waals surface area contributed by atoms with E-state index in [9.17, 15) is 0 Å². The highest BCUT2D eigenvalue weighted by atomic mass is 15.1. The van der Waals surface area contributed by atoms with E-state index < -0.39 is 0 Å². The molecule has 2 nitrogen and oxygen atoms in total. The minimum atomic E-state index is 1.09. The van der Waals surface area contributed by atoms with Gasteiger partial charge in [0.2, 0.25) is 0 Å². The lowest BCUT2D eigenvalue weighted by molar-refractivity contribution is 1.18. The average Bonchev–Trinajstić information content (AvgIpc) is 3.65. The van der Waals surface area contributed by atoms with Crippen molar-refractivity contribution >= 4 is 60.4 Å². The molecule has 1 aromatic heterocycles. The molecule has 11 rings (SSSR count). The number of hydrogen-bond acceptors (Lipinski definition) is 1. The first-order valence-electron chi connectivity index (χ1n) is 19.9. The fraction of sp³-hybridized carbons (Fsp3) is 0. The molecular formula is C56H38N2. The summed E-state index contributed by atoms with van der Waals surface area (Å²) in [6, 6.07) is 83.8. The summed E-state index contributed by atoms with van der Waals surface area (Å²) in [6.07, 6.45) is 0. The molecule has 272 valence electrons. The Balaban J connectivity index is 1.16. The summed E-state index contributed by atoms with van der Waals surface area (Å²) in [6.45, 7) is 0. The van der Waals surface area contributed by atoms with Gasteiger partial charge in [-0.3, -0.25) is 0 Å². The molecule has 10 aromatic carbocycles. The Morgan fingerprint density at radius 3 is 1.71 bits per heavy atom. The van der Waals surface area contributed by atoms with Gasteiger partial charge in [0.15, 0.2) is 0 Å². The third-order valence-corrected chi connectivity index (χ3v) is 11.6. The molecule has 0 aliphatic heterocycles. The van der Waals surface area contributed by atoms with E-state index in [1.165, 1.54) is 65.6 Å². The molecule has 1 heterocycles. The van der Waals surface area contributed by atoms with Gasteiger partial charge in [-0.2, -0.15) is 0 Å². The van der Waals surface area contributed by atoms with Gasteiger partial charge in [0.05, 0.1) is 16.7 Å². The summed E-state index contributed by atoms with van der Waals surface area (Å²) in [5.41, 5.74) is 13.9. The first-order valence-corrected chi connectivity index (χ1v) is 19.9. The number of fused-ring (bicyclic) bond motifs is 6. The van der Waals surface area contributed by atoms with Crippen molar-refractivity contribution in [1.29, 1.82) is 0 Å². The Bertz CT molecular complexity index is 3260. The number of para-hydroxylation sites is 1. The fourth-order valence-electron chi connectivity index (χ4n) is 8.86. The van der Waals surface area contributed by atoms with Crippen LogP contribution in [0.5, 0.6) is 0 Å². The smallest absolute Gasteiger partial charge is 0.0619 e. The van der Waals surface area contributed by atoms with E-state index in [-0.39, 0.29) is 0 Å². The molecule has 0 spiro atoms. The second kappa shape index (κ2) is 14.1.